The van der Waals surface area contributed by atoms with Gasteiger partial charge in [0.2, 0.25) is 0 Å². The molecule has 4 nitrogen and oxygen atoms in total. The Kier molecular flexibility index (Phi) is 4.07. The van der Waals surface area contributed by atoms with Crippen molar-refractivity contribution in [2.75, 3.05) is 15.5 Å². The Morgan fingerprint density at radius 3 is 2.48 bits per heavy atom. The molecule has 0 amide bonds. The van der Waals surface area contributed by atoms with Crippen LogP contribution in [0.5, 0.6) is 0 Å². The molecule has 0 atom stereocenters. The van der Waals surface area contributed by atoms with Gasteiger partial charge in [-0.3, -0.25) is 8.84 Å². The average Bonchev–Trinajstić information content (AvgIpc) is 3.06. The van der Waals surface area contributed by atoms with Gasteiger partial charge in [-0.1, -0.05) is 35.0 Å². The Morgan fingerprint density at radius 2 is 1.76 bits per heavy atom. The van der Waals surface area contributed by atoms with Crippen molar-refractivity contribution in [1.29, 1.82) is 0 Å². The Balaban J connectivity index is 1.94. The first-order chi connectivity index (χ1) is 12.0. The predicted octanol–water partition coefficient (Wildman–Crippen LogP) is 6.17. The summed E-state index contributed by atoms with van der Waals surface area (Å²) in [5.41, 5.74) is 6.35. The number of nitrogens with zero attached hydrogens (tertiary/aromatic N) is 3. The lowest BCUT2D eigenvalue weighted by Gasteiger charge is -2.14. The van der Waals surface area contributed by atoms with E-state index in [0.717, 1.165) is 45.1 Å². The summed E-state index contributed by atoms with van der Waals surface area (Å²) in [5.74, 6) is 0.757. The largest absolute Gasteiger partial charge is 0.361 e. The van der Waals surface area contributed by atoms with Crippen molar-refractivity contribution in [3.05, 3.63) is 52.9 Å². The zero-order valence-corrected chi connectivity index (χ0v) is 15.8. The highest BCUT2D eigenvalue weighted by molar-refractivity contribution is 6.35. The maximum Gasteiger partial charge on any atom is 0.141 e. The van der Waals surface area contributed by atoms with Gasteiger partial charge in [-0.2, -0.15) is 0 Å². The first-order valence-electron chi connectivity index (χ1n) is 7.70. The van der Waals surface area contributed by atoms with Crippen molar-refractivity contribution in [2.45, 2.75) is 13.8 Å². The van der Waals surface area contributed by atoms with Gasteiger partial charge in [0.1, 0.15) is 12.4 Å². The van der Waals surface area contributed by atoms with Gasteiger partial charge in [0, 0.05) is 39.7 Å². The van der Waals surface area contributed by atoms with Gasteiger partial charge >= 0.3 is 0 Å². The molecule has 0 saturated carbocycles. The van der Waals surface area contributed by atoms with Gasteiger partial charge in [0.05, 0.1) is 17.1 Å². The molecule has 1 aliphatic rings. The number of fused-ring (bicyclic) bond motifs is 1. The molecule has 0 saturated heterocycles. The highest BCUT2D eigenvalue weighted by atomic mass is 35.5. The number of aromatic nitrogens is 1. The van der Waals surface area contributed by atoms with Crippen LogP contribution in [0.4, 0.5) is 11.4 Å². The zero-order valence-electron chi connectivity index (χ0n) is 13.6. The number of rotatable bonds is 2. The third-order valence-electron chi connectivity index (χ3n) is 4.35. The van der Waals surface area contributed by atoms with Crippen molar-refractivity contribution in [3.8, 4) is 22.3 Å². The smallest absolute Gasteiger partial charge is 0.141 e. The van der Waals surface area contributed by atoms with Crippen LogP contribution in [0.15, 0.2) is 40.9 Å². The maximum atomic E-state index is 6.57. The molecule has 7 heteroatoms. The van der Waals surface area contributed by atoms with E-state index in [1.165, 1.54) is 0 Å². The molecule has 0 unspecified atom stereocenters. The minimum Gasteiger partial charge on any atom is -0.361 e. The van der Waals surface area contributed by atoms with E-state index in [1.807, 2.05) is 50.2 Å². The van der Waals surface area contributed by atoms with E-state index >= 15 is 0 Å². The minimum atomic E-state index is 0.418. The Hall–Kier alpha value is -1.88. The van der Waals surface area contributed by atoms with Gasteiger partial charge in [0.25, 0.3) is 0 Å². The summed E-state index contributed by atoms with van der Waals surface area (Å²) in [5, 5.41) is 4.72. The average molecular weight is 395 g/mol. The van der Waals surface area contributed by atoms with Crippen LogP contribution in [0, 0.1) is 13.8 Å². The molecule has 0 bridgehead atoms. The first-order valence-corrected chi connectivity index (χ1v) is 8.75. The number of aryl methyl sites for hydroxylation is 2. The van der Waals surface area contributed by atoms with Crippen molar-refractivity contribution in [1.82, 2.24) is 5.16 Å². The van der Waals surface area contributed by atoms with E-state index in [2.05, 4.69) is 5.16 Å². The van der Waals surface area contributed by atoms with Crippen LogP contribution in [0.3, 0.4) is 0 Å². The van der Waals surface area contributed by atoms with Crippen LogP contribution in [-0.2, 0) is 0 Å². The van der Waals surface area contributed by atoms with Crippen molar-refractivity contribution in [2.24, 2.45) is 0 Å². The Bertz CT molecular complexity index is 951. The SMILES string of the molecule is Cc1noc(C)c1-c1cccc(Cl)c1-c1ccc2c(c1)N(Cl)CN2Cl. The summed E-state index contributed by atoms with van der Waals surface area (Å²) < 4.78 is 8.50. The number of benzene rings is 2. The molecule has 0 aliphatic carbocycles. The molecule has 0 fully saturated rings. The number of hydrogen-bond donors (Lipinski definition) is 0. The summed E-state index contributed by atoms with van der Waals surface area (Å²) in [6.45, 7) is 4.24. The Labute approximate surface area is 160 Å². The molecule has 2 aromatic carbocycles. The fourth-order valence-electron chi connectivity index (χ4n) is 3.23. The molecular formula is C18H14Cl3N3O. The van der Waals surface area contributed by atoms with E-state index in [4.69, 9.17) is 39.7 Å². The monoisotopic (exact) mass is 393 g/mol. The molecular weight excluding hydrogens is 381 g/mol. The first kappa shape index (κ1) is 16.6. The molecule has 1 aromatic heterocycles. The van der Waals surface area contributed by atoms with Gasteiger partial charge in [-0.25, -0.2) is 0 Å². The topological polar surface area (TPSA) is 32.5 Å². The molecule has 2 heterocycles. The lowest BCUT2D eigenvalue weighted by atomic mass is 9.93. The third kappa shape index (κ3) is 2.65. The fraction of sp³-hybridized carbons (Fsp3) is 0.167. The van der Waals surface area contributed by atoms with E-state index in [9.17, 15) is 0 Å². The van der Waals surface area contributed by atoms with Crippen LogP contribution < -0.4 is 8.84 Å². The highest BCUT2D eigenvalue weighted by Crippen LogP contribution is 2.45. The lowest BCUT2D eigenvalue weighted by molar-refractivity contribution is 0.393. The van der Waals surface area contributed by atoms with Crippen molar-refractivity contribution < 1.29 is 4.52 Å². The van der Waals surface area contributed by atoms with Gasteiger partial charge < -0.3 is 4.52 Å². The van der Waals surface area contributed by atoms with Crippen LogP contribution >= 0.6 is 35.2 Å². The summed E-state index contributed by atoms with van der Waals surface area (Å²) in [6, 6.07) is 11.8. The molecule has 0 spiro atoms. The summed E-state index contributed by atoms with van der Waals surface area (Å²) in [6.07, 6.45) is 0. The minimum absolute atomic E-state index is 0.418. The van der Waals surface area contributed by atoms with Crippen LogP contribution in [-0.4, -0.2) is 11.8 Å². The maximum absolute atomic E-state index is 6.57. The molecule has 3 aromatic rings. The molecule has 0 N–H and O–H groups in total. The number of hydrogen-bond acceptors (Lipinski definition) is 4. The molecule has 25 heavy (non-hydrogen) atoms. The second-order valence-corrected chi connectivity index (χ2v) is 7.15. The summed E-state index contributed by atoms with van der Waals surface area (Å²) in [7, 11) is 0. The van der Waals surface area contributed by atoms with E-state index < -0.39 is 0 Å². The molecule has 1 aliphatic heterocycles. The second kappa shape index (κ2) is 6.13. The van der Waals surface area contributed by atoms with Gasteiger partial charge in [0.15, 0.2) is 0 Å². The molecule has 0 radical (unpaired) electrons. The second-order valence-electron chi connectivity index (χ2n) is 5.93. The summed E-state index contributed by atoms with van der Waals surface area (Å²) in [4.78, 5) is 0. The van der Waals surface area contributed by atoms with E-state index in [-0.39, 0.29) is 0 Å². The predicted molar refractivity (Wildman–Crippen MR) is 103 cm³/mol. The molecule has 4 rings (SSSR count). The lowest BCUT2D eigenvalue weighted by Crippen LogP contribution is -2.15. The van der Waals surface area contributed by atoms with Crippen LogP contribution in [0.25, 0.3) is 22.3 Å². The number of anilines is 2. The van der Waals surface area contributed by atoms with Crippen LogP contribution in [0.2, 0.25) is 5.02 Å². The third-order valence-corrected chi connectivity index (χ3v) is 5.24. The van der Waals surface area contributed by atoms with E-state index in [0.29, 0.717) is 11.7 Å². The molecule has 128 valence electrons. The van der Waals surface area contributed by atoms with E-state index in [1.54, 1.807) is 8.84 Å². The van der Waals surface area contributed by atoms with Gasteiger partial charge in [-0.05, 0) is 43.2 Å². The Morgan fingerprint density at radius 1 is 1.00 bits per heavy atom. The van der Waals surface area contributed by atoms with Gasteiger partial charge in [-0.15, -0.1) is 0 Å². The quantitative estimate of drug-likeness (QED) is 0.486. The van der Waals surface area contributed by atoms with Crippen LogP contribution in [0.1, 0.15) is 11.5 Å². The summed E-state index contributed by atoms with van der Waals surface area (Å²) >= 11 is 19.0. The standard InChI is InChI=1S/C18H14Cl3N3O/c1-10-17(11(2)25-22-10)13-4-3-5-14(19)18(13)12-6-7-15-16(8-12)24(21)9-23(15)20/h3-8H,9H2,1-2H3. The highest BCUT2D eigenvalue weighted by Gasteiger charge is 2.25. The number of halogens is 3. The fourth-order valence-corrected chi connectivity index (χ4v) is 4.06. The van der Waals surface area contributed by atoms with Crippen molar-refractivity contribution >= 4 is 46.5 Å². The normalized spacial score (nSPS) is 13.5. The van der Waals surface area contributed by atoms with Crippen molar-refractivity contribution in [3.63, 3.8) is 0 Å². The zero-order chi connectivity index (χ0) is 17.7.